The average Bonchev–Trinajstić information content (AvgIpc) is 3.23. The summed E-state index contributed by atoms with van der Waals surface area (Å²) in [6.07, 6.45) is 5.81. The van der Waals surface area contributed by atoms with E-state index in [1.165, 1.54) is 25.7 Å². The van der Waals surface area contributed by atoms with Gasteiger partial charge < -0.3 is 4.90 Å². The summed E-state index contributed by atoms with van der Waals surface area (Å²) in [5.74, 6) is 2.20. The Morgan fingerprint density at radius 1 is 1.15 bits per heavy atom. The van der Waals surface area contributed by atoms with Crippen molar-refractivity contribution in [2.45, 2.75) is 31.7 Å². The zero-order valence-corrected chi connectivity index (χ0v) is 12.6. The van der Waals surface area contributed by atoms with Crippen molar-refractivity contribution in [2.75, 3.05) is 26.2 Å². The van der Waals surface area contributed by atoms with Crippen molar-refractivity contribution in [1.82, 2.24) is 9.80 Å². The number of carbonyl (C=O) groups is 1. The Labute approximate surface area is 124 Å². The number of fused-ring (bicyclic) bond motifs is 2. The molecular formula is C16H22N2OS. The van der Waals surface area contributed by atoms with Crippen LogP contribution in [0.1, 0.15) is 35.4 Å². The van der Waals surface area contributed by atoms with Crippen molar-refractivity contribution in [3.63, 3.8) is 0 Å². The van der Waals surface area contributed by atoms with Gasteiger partial charge in [-0.3, -0.25) is 9.69 Å². The highest BCUT2D eigenvalue weighted by Gasteiger charge is 2.42. The summed E-state index contributed by atoms with van der Waals surface area (Å²) in [5, 5.41) is 1.98. The quantitative estimate of drug-likeness (QED) is 0.836. The normalized spacial score (nSPS) is 33.8. The maximum Gasteiger partial charge on any atom is 0.264 e. The van der Waals surface area contributed by atoms with Gasteiger partial charge in [0, 0.05) is 32.2 Å². The van der Waals surface area contributed by atoms with Crippen LogP contribution in [0.5, 0.6) is 0 Å². The van der Waals surface area contributed by atoms with Crippen molar-refractivity contribution in [2.24, 2.45) is 11.8 Å². The molecule has 0 aromatic carbocycles. The van der Waals surface area contributed by atoms with Gasteiger partial charge in [-0.1, -0.05) is 12.5 Å². The molecule has 3 atom stereocenters. The molecule has 1 amide bonds. The van der Waals surface area contributed by atoms with Gasteiger partial charge in [0.25, 0.3) is 5.91 Å². The highest BCUT2D eigenvalue weighted by molar-refractivity contribution is 7.12. The number of nitrogens with zero attached hydrogens (tertiary/aromatic N) is 2. The molecule has 3 aliphatic rings. The van der Waals surface area contributed by atoms with Gasteiger partial charge in [0.15, 0.2) is 0 Å². The van der Waals surface area contributed by atoms with Crippen LogP contribution in [0.3, 0.4) is 0 Å². The molecule has 0 unspecified atom stereocenters. The van der Waals surface area contributed by atoms with Crippen LogP contribution in [0, 0.1) is 11.8 Å². The lowest BCUT2D eigenvalue weighted by molar-refractivity contribution is 0.0499. The first kappa shape index (κ1) is 12.8. The SMILES string of the molecule is O=C(c1cccs1)N1CCN([C@H]2C[C@H]3CC[C@H]2C3)CC1. The summed E-state index contributed by atoms with van der Waals surface area (Å²) >= 11 is 1.56. The summed E-state index contributed by atoms with van der Waals surface area (Å²) in [6.45, 7) is 3.96. The molecule has 2 bridgehead atoms. The molecule has 3 nitrogen and oxygen atoms in total. The third-order valence-corrected chi connectivity index (χ3v) is 6.36. The lowest BCUT2D eigenvalue weighted by Gasteiger charge is -2.40. The molecule has 0 radical (unpaired) electrons. The first-order valence-electron chi connectivity index (χ1n) is 7.88. The number of hydrogen-bond donors (Lipinski definition) is 0. The maximum absolute atomic E-state index is 12.3. The van der Waals surface area contributed by atoms with Crippen LogP contribution in [0.15, 0.2) is 17.5 Å². The van der Waals surface area contributed by atoms with Crippen LogP contribution < -0.4 is 0 Å². The van der Waals surface area contributed by atoms with Crippen molar-refractivity contribution in [3.8, 4) is 0 Å². The third kappa shape index (κ3) is 2.19. The van der Waals surface area contributed by atoms with Gasteiger partial charge in [0.05, 0.1) is 4.88 Å². The predicted molar refractivity (Wildman–Crippen MR) is 81.0 cm³/mol. The van der Waals surface area contributed by atoms with Crippen molar-refractivity contribution in [1.29, 1.82) is 0 Å². The van der Waals surface area contributed by atoms with Crippen LogP contribution in [-0.2, 0) is 0 Å². The Balaban J connectivity index is 1.35. The zero-order chi connectivity index (χ0) is 13.5. The predicted octanol–water partition coefficient (Wildman–Crippen LogP) is 2.69. The van der Waals surface area contributed by atoms with Gasteiger partial charge in [-0.05, 0) is 42.5 Å². The number of thiophene rings is 1. The summed E-state index contributed by atoms with van der Waals surface area (Å²) in [6, 6.07) is 4.73. The summed E-state index contributed by atoms with van der Waals surface area (Å²) in [5.41, 5.74) is 0. The van der Waals surface area contributed by atoms with Crippen LogP contribution in [-0.4, -0.2) is 47.9 Å². The smallest absolute Gasteiger partial charge is 0.264 e. The summed E-state index contributed by atoms with van der Waals surface area (Å²) in [7, 11) is 0. The minimum absolute atomic E-state index is 0.229. The second kappa shape index (κ2) is 5.15. The molecule has 20 heavy (non-hydrogen) atoms. The summed E-state index contributed by atoms with van der Waals surface area (Å²) < 4.78 is 0. The van der Waals surface area contributed by atoms with E-state index in [0.29, 0.717) is 0 Å². The van der Waals surface area contributed by atoms with E-state index in [4.69, 9.17) is 0 Å². The van der Waals surface area contributed by atoms with E-state index in [1.807, 2.05) is 22.4 Å². The standard InChI is InChI=1S/C16H22N2OS/c19-16(15-2-1-9-20-15)18-7-5-17(6-8-18)14-11-12-3-4-13(14)10-12/h1-2,9,12-14H,3-8,10-11H2/t12-,13-,14-/m0/s1. The monoisotopic (exact) mass is 290 g/mol. The number of rotatable bonds is 2. The Morgan fingerprint density at radius 2 is 2.00 bits per heavy atom. The molecule has 4 heteroatoms. The molecule has 1 aliphatic heterocycles. The molecule has 0 spiro atoms. The number of hydrogen-bond acceptors (Lipinski definition) is 3. The minimum atomic E-state index is 0.229. The molecule has 4 rings (SSSR count). The second-order valence-corrected chi connectivity index (χ2v) is 7.50. The number of piperazine rings is 1. The van der Waals surface area contributed by atoms with Gasteiger partial charge in [-0.2, -0.15) is 0 Å². The lowest BCUT2D eigenvalue weighted by atomic mass is 9.93. The van der Waals surface area contributed by atoms with E-state index in [-0.39, 0.29) is 5.91 Å². The van der Waals surface area contributed by atoms with Gasteiger partial charge >= 0.3 is 0 Å². The highest BCUT2D eigenvalue weighted by Crippen LogP contribution is 2.46. The fourth-order valence-corrected chi connectivity index (χ4v) is 5.16. The van der Waals surface area contributed by atoms with Crippen LogP contribution in [0.4, 0.5) is 0 Å². The van der Waals surface area contributed by atoms with Crippen molar-refractivity contribution >= 4 is 17.2 Å². The van der Waals surface area contributed by atoms with Crippen molar-refractivity contribution < 1.29 is 4.79 Å². The van der Waals surface area contributed by atoms with Crippen LogP contribution in [0.2, 0.25) is 0 Å². The van der Waals surface area contributed by atoms with Crippen LogP contribution >= 0.6 is 11.3 Å². The molecule has 0 N–H and O–H groups in total. The van der Waals surface area contributed by atoms with Crippen molar-refractivity contribution in [3.05, 3.63) is 22.4 Å². The lowest BCUT2D eigenvalue weighted by Crippen LogP contribution is -2.53. The Hall–Kier alpha value is -0.870. The van der Waals surface area contributed by atoms with E-state index in [0.717, 1.165) is 48.9 Å². The Kier molecular flexibility index (Phi) is 3.31. The Morgan fingerprint density at radius 3 is 2.60 bits per heavy atom. The number of carbonyl (C=O) groups excluding carboxylic acids is 1. The molecule has 3 fully saturated rings. The van der Waals surface area contributed by atoms with Gasteiger partial charge in [-0.25, -0.2) is 0 Å². The summed E-state index contributed by atoms with van der Waals surface area (Å²) in [4.78, 5) is 17.9. The highest BCUT2D eigenvalue weighted by atomic mass is 32.1. The largest absolute Gasteiger partial charge is 0.335 e. The third-order valence-electron chi connectivity index (χ3n) is 5.50. The fourth-order valence-electron chi connectivity index (χ4n) is 4.47. The number of amides is 1. The van der Waals surface area contributed by atoms with E-state index in [9.17, 15) is 4.79 Å². The van der Waals surface area contributed by atoms with Crippen LogP contribution in [0.25, 0.3) is 0 Å². The molecule has 2 heterocycles. The molecular weight excluding hydrogens is 268 g/mol. The van der Waals surface area contributed by atoms with Gasteiger partial charge in [-0.15, -0.1) is 11.3 Å². The van der Waals surface area contributed by atoms with E-state index in [1.54, 1.807) is 11.3 Å². The van der Waals surface area contributed by atoms with E-state index >= 15 is 0 Å². The molecule has 2 aliphatic carbocycles. The average molecular weight is 290 g/mol. The first-order valence-corrected chi connectivity index (χ1v) is 8.76. The topological polar surface area (TPSA) is 23.6 Å². The molecule has 2 saturated carbocycles. The first-order chi connectivity index (χ1) is 9.81. The van der Waals surface area contributed by atoms with Gasteiger partial charge in [0.1, 0.15) is 0 Å². The zero-order valence-electron chi connectivity index (χ0n) is 11.8. The Bertz CT molecular complexity index is 479. The maximum atomic E-state index is 12.3. The fraction of sp³-hybridized carbons (Fsp3) is 0.688. The van der Waals surface area contributed by atoms with E-state index < -0.39 is 0 Å². The van der Waals surface area contributed by atoms with E-state index in [2.05, 4.69) is 4.90 Å². The molecule has 108 valence electrons. The second-order valence-electron chi connectivity index (χ2n) is 6.55. The molecule has 1 aromatic rings. The molecule has 1 saturated heterocycles. The minimum Gasteiger partial charge on any atom is -0.335 e. The van der Waals surface area contributed by atoms with Gasteiger partial charge in [0.2, 0.25) is 0 Å². The molecule has 1 aromatic heterocycles.